The van der Waals surface area contributed by atoms with Crippen LogP contribution in [0.25, 0.3) is 5.69 Å². The van der Waals surface area contributed by atoms with Crippen LogP contribution in [-0.2, 0) is 6.54 Å². The summed E-state index contributed by atoms with van der Waals surface area (Å²) in [7, 11) is 0. The van der Waals surface area contributed by atoms with Gasteiger partial charge in [0.2, 0.25) is 0 Å². The molecule has 0 saturated heterocycles. The summed E-state index contributed by atoms with van der Waals surface area (Å²) in [5, 5.41) is 9.18. The number of benzene rings is 2. The second-order valence-corrected chi connectivity index (χ2v) is 6.13. The summed E-state index contributed by atoms with van der Waals surface area (Å²) in [6, 6.07) is 14.2. The Morgan fingerprint density at radius 3 is 2.57 bits per heavy atom. The molecule has 0 aliphatic carbocycles. The first-order valence-corrected chi connectivity index (χ1v) is 7.84. The summed E-state index contributed by atoms with van der Waals surface area (Å²) >= 11 is 6.02. The Bertz CT molecular complexity index is 923. The van der Waals surface area contributed by atoms with Gasteiger partial charge in [0.25, 0.3) is 0 Å². The molecule has 0 radical (unpaired) electrons. The van der Waals surface area contributed by atoms with Gasteiger partial charge in [-0.05, 0) is 38.1 Å². The summed E-state index contributed by atoms with van der Waals surface area (Å²) < 4.78 is 2.08. The van der Waals surface area contributed by atoms with E-state index in [4.69, 9.17) is 16.6 Å². The quantitative estimate of drug-likeness (QED) is 0.682. The Balaban J connectivity index is 1.98. The second-order valence-electron chi connectivity index (χ2n) is 5.69. The standard InChI is InChI=1S/C18H15ClN4/c1-11-3-8-16-15(9-11)18(13-4-6-14(19)7-5-13)20-10-17-22-21-12(2)23(16)17/h3-9H,10H2,1-2H3. The Kier molecular flexibility index (Phi) is 3.27. The number of fused-ring (bicyclic) bond motifs is 3. The van der Waals surface area contributed by atoms with Crippen molar-refractivity contribution in [1.82, 2.24) is 14.8 Å². The third-order valence-electron chi connectivity index (χ3n) is 4.04. The molecule has 0 atom stereocenters. The van der Waals surface area contributed by atoms with E-state index in [-0.39, 0.29) is 0 Å². The molecule has 0 unspecified atom stereocenters. The highest BCUT2D eigenvalue weighted by molar-refractivity contribution is 6.30. The summed E-state index contributed by atoms with van der Waals surface area (Å²) in [4.78, 5) is 4.81. The molecule has 114 valence electrons. The van der Waals surface area contributed by atoms with Crippen molar-refractivity contribution in [1.29, 1.82) is 0 Å². The van der Waals surface area contributed by atoms with Gasteiger partial charge in [0, 0.05) is 16.1 Å². The molecule has 0 fully saturated rings. The minimum absolute atomic E-state index is 0.506. The van der Waals surface area contributed by atoms with Gasteiger partial charge in [0.15, 0.2) is 5.82 Å². The average molecular weight is 323 g/mol. The SMILES string of the molecule is Cc1ccc2c(c1)C(c1ccc(Cl)cc1)=NCc1nnc(C)n1-2. The van der Waals surface area contributed by atoms with Crippen LogP contribution in [0.1, 0.15) is 28.3 Å². The van der Waals surface area contributed by atoms with Crippen LogP contribution in [0, 0.1) is 13.8 Å². The number of hydrogen-bond donors (Lipinski definition) is 0. The van der Waals surface area contributed by atoms with E-state index in [1.54, 1.807) is 0 Å². The van der Waals surface area contributed by atoms with Crippen molar-refractivity contribution in [3.63, 3.8) is 0 Å². The molecule has 2 heterocycles. The van der Waals surface area contributed by atoms with Crippen LogP contribution in [0.4, 0.5) is 0 Å². The zero-order valence-electron chi connectivity index (χ0n) is 12.9. The molecule has 4 rings (SSSR count). The molecule has 3 aromatic rings. The summed E-state index contributed by atoms with van der Waals surface area (Å²) in [6.07, 6.45) is 0. The molecule has 1 aromatic heterocycles. The maximum absolute atomic E-state index is 6.02. The van der Waals surface area contributed by atoms with E-state index in [0.717, 1.165) is 39.2 Å². The molecule has 0 bridgehead atoms. The van der Waals surface area contributed by atoms with Crippen molar-refractivity contribution in [3.8, 4) is 5.69 Å². The van der Waals surface area contributed by atoms with Crippen molar-refractivity contribution < 1.29 is 0 Å². The third kappa shape index (κ3) is 2.35. The van der Waals surface area contributed by atoms with E-state index in [2.05, 4.69) is 39.9 Å². The van der Waals surface area contributed by atoms with Crippen molar-refractivity contribution >= 4 is 17.3 Å². The van der Waals surface area contributed by atoms with Gasteiger partial charge in [-0.2, -0.15) is 0 Å². The average Bonchev–Trinajstić information content (AvgIpc) is 2.82. The monoisotopic (exact) mass is 322 g/mol. The second kappa shape index (κ2) is 5.32. The molecule has 23 heavy (non-hydrogen) atoms. The Labute approximate surface area is 139 Å². The zero-order chi connectivity index (χ0) is 16.0. The number of halogens is 1. The van der Waals surface area contributed by atoms with Gasteiger partial charge < -0.3 is 0 Å². The van der Waals surface area contributed by atoms with E-state index >= 15 is 0 Å². The molecule has 0 saturated carbocycles. The largest absolute Gasteiger partial charge is 0.281 e. The van der Waals surface area contributed by atoms with Crippen molar-refractivity contribution in [2.24, 2.45) is 4.99 Å². The minimum Gasteiger partial charge on any atom is -0.281 e. The van der Waals surface area contributed by atoms with Crippen LogP contribution >= 0.6 is 11.6 Å². The van der Waals surface area contributed by atoms with E-state index in [1.165, 1.54) is 5.56 Å². The summed E-state index contributed by atoms with van der Waals surface area (Å²) in [6.45, 7) is 4.56. The third-order valence-corrected chi connectivity index (χ3v) is 4.29. The van der Waals surface area contributed by atoms with Crippen LogP contribution in [0.15, 0.2) is 47.5 Å². The fourth-order valence-corrected chi connectivity index (χ4v) is 3.07. The zero-order valence-corrected chi connectivity index (χ0v) is 13.7. The molecule has 0 spiro atoms. The predicted octanol–water partition coefficient (Wildman–Crippen LogP) is 3.89. The lowest BCUT2D eigenvalue weighted by Gasteiger charge is -2.13. The maximum Gasteiger partial charge on any atom is 0.159 e. The first-order chi connectivity index (χ1) is 11.1. The van der Waals surface area contributed by atoms with Crippen LogP contribution in [-0.4, -0.2) is 20.5 Å². The summed E-state index contributed by atoms with van der Waals surface area (Å²) in [5.74, 6) is 1.73. The maximum atomic E-state index is 6.02. The van der Waals surface area contributed by atoms with Gasteiger partial charge in [-0.3, -0.25) is 9.56 Å². The summed E-state index contributed by atoms with van der Waals surface area (Å²) in [5.41, 5.74) is 5.37. The highest BCUT2D eigenvalue weighted by Crippen LogP contribution is 2.27. The number of nitrogens with zero attached hydrogens (tertiary/aromatic N) is 4. The molecular formula is C18H15ClN4. The van der Waals surface area contributed by atoms with E-state index in [9.17, 15) is 0 Å². The molecule has 5 heteroatoms. The van der Waals surface area contributed by atoms with E-state index in [1.807, 2.05) is 31.2 Å². The van der Waals surface area contributed by atoms with Crippen LogP contribution in [0.2, 0.25) is 5.02 Å². The highest BCUT2D eigenvalue weighted by Gasteiger charge is 2.21. The minimum atomic E-state index is 0.506. The fourth-order valence-electron chi connectivity index (χ4n) is 2.95. The molecule has 1 aliphatic heterocycles. The molecule has 2 aromatic carbocycles. The number of rotatable bonds is 1. The highest BCUT2D eigenvalue weighted by atomic mass is 35.5. The van der Waals surface area contributed by atoms with E-state index < -0.39 is 0 Å². The molecular weight excluding hydrogens is 308 g/mol. The van der Waals surface area contributed by atoms with Gasteiger partial charge in [-0.1, -0.05) is 35.4 Å². The Morgan fingerprint density at radius 1 is 1.00 bits per heavy atom. The lowest BCUT2D eigenvalue weighted by molar-refractivity contribution is 0.861. The first-order valence-electron chi connectivity index (χ1n) is 7.46. The first kappa shape index (κ1) is 14.2. The van der Waals surface area contributed by atoms with Crippen molar-refractivity contribution in [2.75, 3.05) is 0 Å². The van der Waals surface area contributed by atoms with Crippen LogP contribution < -0.4 is 0 Å². The molecule has 4 nitrogen and oxygen atoms in total. The van der Waals surface area contributed by atoms with Crippen molar-refractivity contribution in [2.45, 2.75) is 20.4 Å². The van der Waals surface area contributed by atoms with Gasteiger partial charge in [0.1, 0.15) is 12.4 Å². The predicted molar refractivity (Wildman–Crippen MR) is 91.6 cm³/mol. The van der Waals surface area contributed by atoms with Gasteiger partial charge in [-0.25, -0.2) is 0 Å². The smallest absolute Gasteiger partial charge is 0.159 e. The lowest BCUT2D eigenvalue weighted by atomic mass is 9.98. The normalized spacial score (nSPS) is 13.1. The number of aromatic nitrogens is 3. The topological polar surface area (TPSA) is 43.1 Å². The lowest BCUT2D eigenvalue weighted by Crippen LogP contribution is -2.08. The van der Waals surface area contributed by atoms with E-state index in [0.29, 0.717) is 6.54 Å². The van der Waals surface area contributed by atoms with Crippen molar-refractivity contribution in [3.05, 3.63) is 75.8 Å². The Hall–Kier alpha value is -2.46. The molecule has 0 N–H and O–H groups in total. The van der Waals surface area contributed by atoms with Gasteiger partial charge in [0.05, 0.1) is 11.4 Å². The number of aryl methyl sites for hydroxylation is 2. The molecule has 0 amide bonds. The number of hydrogen-bond acceptors (Lipinski definition) is 3. The van der Waals surface area contributed by atoms with Gasteiger partial charge in [-0.15, -0.1) is 10.2 Å². The number of aliphatic imine (C=N–C) groups is 1. The van der Waals surface area contributed by atoms with Gasteiger partial charge >= 0.3 is 0 Å². The Morgan fingerprint density at radius 2 is 1.78 bits per heavy atom. The van der Waals surface area contributed by atoms with Crippen LogP contribution in [0.5, 0.6) is 0 Å². The fraction of sp³-hybridized carbons (Fsp3) is 0.167. The van der Waals surface area contributed by atoms with Crippen LogP contribution in [0.3, 0.4) is 0 Å². The molecule has 1 aliphatic rings.